The van der Waals surface area contributed by atoms with Gasteiger partial charge in [-0.2, -0.15) is 0 Å². The molecular formula is C11H18ClNO2Si. The summed E-state index contributed by atoms with van der Waals surface area (Å²) in [5, 5.41) is 0.465. The first-order valence-electron chi connectivity index (χ1n) is 5.29. The lowest BCUT2D eigenvalue weighted by atomic mass is 10.5. The Morgan fingerprint density at radius 2 is 2.06 bits per heavy atom. The molecular weight excluding hydrogens is 242 g/mol. The van der Waals surface area contributed by atoms with E-state index in [4.69, 9.17) is 21.1 Å². The van der Waals surface area contributed by atoms with Crippen molar-refractivity contribution in [3.8, 4) is 5.75 Å². The third-order valence-electron chi connectivity index (χ3n) is 2.01. The predicted octanol–water partition coefficient (Wildman–Crippen LogP) is 3.43. The molecule has 0 amide bonds. The van der Waals surface area contributed by atoms with Crippen LogP contribution in [0.3, 0.4) is 0 Å². The van der Waals surface area contributed by atoms with Crippen LogP contribution in [0.4, 0.5) is 0 Å². The van der Waals surface area contributed by atoms with Gasteiger partial charge in [-0.05, 0) is 18.2 Å². The van der Waals surface area contributed by atoms with Gasteiger partial charge in [-0.1, -0.05) is 31.2 Å². The zero-order valence-electron chi connectivity index (χ0n) is 10.00. The SMILES string of the molecule is C[Si](C)(C)CCOCOc1ccc(Cl)nc1. The highest BCUT2D eigenvalue weighted by Crippen LogP contribution is 2.12. The van der Waals surface area contributed by atoms with Crippen LogP contribution in [-0.2, 0) is 4.74 Å². The molecule has 1 heterocycles. The zero-order chi connectivity index (χ0) is 12.0. The van der Waals surface area contributed by atoms with E-state index in [1.165, 1.54) is 0 Å². The van der Waals surface area contributed by atoms with Crippen molar-refractivity contribution in [1.29, 1.82) is 0 Å². The van der Waals surface area contributed by atoms with Gasteiger partial charge in [-0.15, -0.1) is 0 Å². The summed E-state index contributed by atoms with van der Waals surface area (Å²) in [6, 6.07) is 4.62. The molecule has 0 unspecified atom stereocenters. The summed E-state index contributed by atoms with van der Waals surface area (Å²) < 4.78 is 10.7. The summed E-state index contributed by atoms with van der Waals surface area (Å²) in [7, 11) is -1.00. The van der Waals surface area contributed by atoms with Gasteiger partial charge in [-0.3, -0.25) is 0 Å². The minimum Gasteiger partial charge on any atom is -0.466 e. The van der Waals surface area contributed by atoms with Crippen LogP contribution in [0.15, 0.2) is 18.3 Å². The zero-order valence-corrected chi connectivity index (χ0v) is 11.8. The molecule has 0 bridgehead atoms. The van der Waals surface area contributed by atoms with E-state index in [9.17, 15) is 0 Å². The topological polar surface area (TPSA) is 31.4 Å². The summed E-state index contributed by atoms with van der Waals surface area (Å²) in [5.41, 5.74) is 0. The summed E-state index contributed by atoms with van der Waals surface area (Å²) in [4.78, 5) is 3.91. The van der Waals surface area contributed by atoms with Gasteiger partial charge in [0, 0.05) is 14.7 Å². The Bertz CT molecular complexity index is 311. The van der Waals surface area contributed by atoms with E-state index in [-0.39, 0.29) is 6.79 Å². The van der Waals surface area contributed by atoms with Crippen molar-refractivity contribution >= 4 is 19.7 Å². The summed E-state index contributed by atoms with van der Waals surface area (Å²) in [6.07, 6.45) is 1.59. The van der Waals surface area contributed by atoms with Crippen molar-refractivity contribution in [2.75, 3.05) is 13.4 Å². The van der Waals surface area contributed by atoms with E-state index in [2.05, 4.69) is 24.6 Å². The average molecular weight is 260 g/mol. The first-order chi connectivity index (χ1) is 7.47. The Kier molecular flexibility index (Phi) is 5.25. The molecule has 0 saturated heterocycles. The molecule has 0 fully saturated rings. The molecule has 0 spiro atoms. The van der Waals surface area contributed by atoms with Crippen molar-refractivity contribution in [2.24, 2.45) is 0 Å². The summed E-state index contributed by atoms with van der Waals surface area (Å²) >= 11 is 5.65. The van der Waals surface area contributed by atoms with Crippen molar-refractivity contribution in [2.45, 2.75) is 25.7 Å². The van der Waals surface area contributed by atoms with Crippen molar-refractivity contribution in [3.05, 3.63) is 23.5 Å². The maximum Gasteiger partial charge on any atom is 0.189 e. The molecule has 0 aliphatic rings. The largest absolute Gasteiger partial charge is 0.466 e. The molecule has 0 aliphatic heterocycles. The van der Waals surface area contributed by atoms with Gasteiger partial charge in [0.25, 0.3) is 0 Å². The fourth-order valence-electron chi connectivity index (χ4n) is 0.995. The molecule has 16 heavy (non-hydrogen) atoms. The molecule has 5 heteroatoms. The maximum atomic E-state index is 5.65. The molecule has 1 aromatic heterocycles. The van der Waals surface area contributed by atoms with E-state index >= 15 is 0 Å². The second-order valence-electron chi connectivity index (χ2n) is 4.80. The highest BCUT2D eigenvalue weighted by atomic mass is 35.5. The highest BCUT2D eigenvalue weighted by molar-refractivity contribution is 6.76. The van der Waals surface area contributed by atoms with Crippen LogP contribution >= 0.6 is 11.6 Å². The number of halogens is 1. The van der Waals surface area contributed by atoms with Crippen molar-refractivity contribution in [3.63, 3.8) is 0 Å². The van der Waals surface area contributed by atoms with Gasteiger partial charge in [0.2, 0.25) is 0 Å². The van der Waals surface area contributed by atoms with Gasteiger partial charge in [-0.25, -0.2) is 4.98 Å². The van der Waals surface area contributed by atoms with Crippen molar-refractivity contribution < 1.29 is 9.47 Å². The quantitative estimate of drug-likeness (QED) is 0.340. The van der Waals surface area contributed by atoms with Gasteiger partial charge >= 0.3 is 0 Å². The maximum absolute atomic E-state index is 5.65. The van der Waals surface area contributed by atoms with E-state index in [0.717, 1.165) is 12.7 Å². The van der Waals surface area contributed by atoms with Gasteiger partial charge in [0.1, 0.15) is 10.9 Å². The fraction of sp³-hybridized carbons (Fsp3) is 0.545. The Hall–Kier alpha value is -0.583. The van der Waals surface area contributed by atoms with Crippen molar-refractivity contribution in [1.82, 2.24) is 4.98 Å². The molecule has 0 aromatic carbocycles. The molecule has 0 N–H and O–H groups in total. The van der Waals surface area contributed by atoms with E-state index in [1.54, 1.807) is 18.3 Å². The van der Waals surface area contributed by atoms with Gasteiger partial charge in [0.05, 0.1) is 6.20 Å². The predicted molar refractivity (Wildman–Crippen MR) is 68.8 cm³/mol. The van der Waals surface area contributed by atoms with E-state index < -0.39 is 8.07 Å². The second-order valence-corrected chi connectivity index (χ2v) is 10.8. The van der Waals surface area contributed by atoms with E-state index in [0.29, 0.717) is 10.9 Å². The summed E-state index contributed by atoms with van der Waals surface area (Å²) in [5.74, 6) is 0.678. The number of rotatable bonds is 6. The molecule has 90 valence electrons. The second kappa shape index (κ2) is 6.23. The number of hydrogen-bond donors (Lipinski definition) is 0. The minimum atomic E-state index is -1.00. The Balaban J connectivity index is 2.14. The highest BCUT2D eigenvalue weighted by Gasteiger charge is 2.11. The molecule has 0 saturated carbocycles. The first kappa shape index (κ1) is 13.5. The monoisotopic (exact) mass is 259 g/mol. The number of pyridine rings is 1. The third kappa shape index (κ3) is 6.10. The molecule has 3 nitrogen and oxygen atoms in total. The molecule has 0 atom stereocenters. The van der Waals surface area contributed by atoms with Crippen LogP contribution in [0.5, 0.6) is 5.75 Å². The lowest BCUT2D eigenvalue weighted by molar-refractivity contribution is 0.0218. The molecule has 1 rings (SSSR count). The molecule has 0 radical (unpaired) electrons. The fourth-order valence-corrected chi connectivity index (χ4v) is 1.86. The normalized spacial score (nSPS) is 11.5. The smallest absolute Gasteiger partial charge is 0.189 e. The number of hydrogen-bond acceptors (Lipinski definition) is 3. The number of ether oxygens (including phenoxy) is 2. The lowest BCUT2D eigenvalue weighted by Gasteiger charge is -2.15. The van der Waals surface area contributed by atoms with Crippen LogP contribution in [0.2, 0.25) is 30.8 Å². The van der Waals surface area contributed by atoms with Crippen LogP contribution in [0.25, 0.3) is 0 Å². The van der Waals surface area contributed by atoms with Crippen LogP contribution in [-0.4, -0.2) is 26.5 Å². The van der Waals surface area contributed by atoms with E-state index in [1.807, 2.05) is 0 Å². The third-order valence-corrected chi connectivity index (χ3v) is 3.93. The average Bonchev–Trinajstić information content (AvgIpc) is 2.19. The number of nitrogens with zero attached hydrogens (tertiary/aromatic N) is 1. The Morgan fingerprint density at radius 1 is 1.31 bits per heavy atom. The number of aromatic nitrogens is 1. The lowest BCUT2D eigenvalue weighted by Crippen LogP contribution is -2.22. The van der Waals surface area contributed by atoms with Crippen LogP contribution < -0.4 is 4.74 Å². The molecule has 1 aromatic rings. The Morgan fingerprint density at radius 3 is 2.62 bits per heavy atom. The van der Waals surface area contributed by atoms with Crippen LogP contribution in [0.1, 0.15) is 0 Å². The van der Waals surface area contributed by atoms with Gasteiger partial charge < -0.3 is 9.47 Å². The Labute approximate surface area is 103 Å². The molecule has 0 aliphatic carbocycles. The first-order valence-corrected chi connectivity index (χ1v) is 9.38. The minimum absolute atomic E-state index is 0.272. The summed E-state index contributed by atoms with van der Waals surface area (Å²) in [6.45, 7) is 7.99. The standard InChI is InChI=1S/C11H18ClNO2Si/c1-16(2,3)7-6-14-9-15-10-4-5-11(12)13-8-10/h4-5,8H,6-7,9H2,1-3H3. The van der Waals surface area contributed by atoms with Crippen LogP contribution in [0, 0.1) is 0 Å². The van der Waals surface area contributed by atoms with Gasteiger partial charge in [0.15, 0.2) is 6.79 Å².